The molecule has 1 aromatic rings. The Kier molecular flexibility index (Phi) is 4.10. The normalized spacial score (nSPS) is 24.0. The molecule has 1 aliphatic carbocycles. The standard InChI is InChI=1S/C17H24N4O2/c1-17(2,18)11-5-3-10(4-6-11)16(23)20-13-7-8-19-15-12(13)9-14(22)21-15/h7-8,10-11H,3-6,9,18H2,1-2H3,(H2,19,20,21,22,23)/t10-,11-. The predicted octanol–water partition coefficient (Wildman–Crippen LogP) is 2.06. The van der Waals surface area contributed by atoms with Crippen molar-refractivity contribution in [3.05, 3.63) is 17.8 Å². The minimum absolute atomic E-state index is 0.0162. The highest BCUT2D eigenvalue weighted by Crippen LogP contribution is 2.35. The van der Waals surface area contributed by atoms with Crippen LogP contribution in [0, 0.1) is 11.8 Å². The number of carbonyl (C=O) groups is 2. The van der Waals surface area contributed by atoms with Crippen LogP contribution in [0.2, 0.25) is 0 Å². The van der Waals surface area contributed by atoms with E-state index in [1.165, 1.54) is 0 Å². The van der Waals surface area contributed by atoms with Crippen LogP contribution in [0.1, 0.15) is 45.1 Å². The summed E-state index contributed by atoms with van der Waals surface area (Å²) in [7, 11) is 0. The number of nitrogens with zero attached hydrogens (tertiary/aromatic N) is 1. The summed E-state index contributed by atoms with van der Waals surface area (Å²) in [4.78, 5) is 28.2. The Hall–Kier alpha value is -1.95. The third-order valence-corrected chi connectivity index (χ3v) is 5.06. The monoisotopic (exact) mass is 316 g/mol. The van der Waals surface area contributed by atoms with E-state index in [1.807, 2.05) is 0 Å². The summed E-state index contributed by atoms with van der Waals surface area (Å²) in [5.74, 6) is 0.994. The van der Waals surface area contributed by atoms with E-state index in [4.69, 9.17) is 5.73 Å². The second-order valence-electron chi connectivity index (χ2n) is 7.27. The molecule has 23 heavy (non-hydrogen) atoms. The van der Waals surface area contributed by atoms with Gasteiger partial charge >= 0.3 is 0 Å². The van der Waals surface area contributed by atoms with Gasteiger partial charge in [0.1, 0.15) is 5.82 Å². The van der Waals surface area contributed by atoms with Crippen molar-refractivity contribution in [3.63, 3.8) is 0 Å². The molecule has 6 nitrogen and oxygen atoms in total. The molecule has 3 rings (SSSR count). The zero-order valence-corrected chi connectivity index (χ0v) is 13.7. The summed E-state index contributed by atoms with van der Waals surface area (Å²) in [5, 5.41) is 5.68. The van der Waals surface area contributed by atoms with Gasteiger partial charge in [0.15, 0.2) is 0 Å². The molecule has 1 aromatic heterocycles. The maximum Gasteiger partial charge on any atom is 0.230 e. The van der Waals surface area contributed by atoms with E-state index in [0.29, 0.717) is 17.4 Å². The fourth-order valence-corrected chi connectivity index (χ4v) is 3.57. The first kappa shape index (κ1) is 15.9. The quantitative estimate of drug-likeness (QED) is 0.795. The molecule has 0 radical (unpaired) electrons. The molecule has 4 N–H and O–H groups in total. The van der Waals surface area contributed by atoms with E-state index < -0.39 is 0 Å². The highest BCUT2D eigenvalue weighted by Gasteiger charge is 2.33. The number of hydrogen-bond donors (Lipinski definition) is 3. The van der Waals surface area contributed by atoms with Crippen LogP contribution in [0.25, 0.3) is 0 Å². The Labute approximate surface area is 136 Å². The Morgan fingerprint density at radius 2 is 2.04 bits per heavy atom. The zero-order chi connectivity index (χ0) is 16.6. The van der Waals surface area contributed by atoms with E-state index in [-0.39, 0.29) is 29.7 Å². The topological polar surface area (TPSA) is 97.1 Å². The molecule has 1 saturated carbocycles. The van der Waals surface area contributed by atoms with Crippen molar-refractivity contribution >= 4 is 23.3 Å². The number of hydrogen-bond acceptors (Lipinski definition) is 4. The molecular formula is C17H24N4O2. The molecule has 2 heterocycles. The second-order valence-corrected chi connectivity index (χ2v) is 7.27. The summed E-state index contributed by atoms with van der Waals surface area (Å²) >= 11 is 0. The van der Waals surface area contributed by atoms with Gasteiger partial charge in [-0.3, -0.25) is 9.59 Å². The smallest absolute Gasteiger partial charge is 0.230 e. The van der Waals surface area contributed by atoms with Crippen LogP contribution in [0.3, 0.4) is 0 Å². The van der Waals surface area contributed by atoms with Gasteiger partial charge in [-0.25, -0.2) is 4.98 Å². The van der Waals surface area contributed by atoms with Crippen molar-refractivity contribution in [3.8, 4) is 0 Å². The van der Waals surface area contributed by atoms with Crippen molar-refractivity contribution in [1.82, 2.24) is 4.98 Å². The summed E-state index contributed by atoms with van der Waals surface area (Å²) < 4.78 is 0. The minimum Gasteiger partial charge on any atom is -0.325 e. The highest BCUT2D eigenvalue weighted by atomic mass is 16.2. The molecule has 0 bridgehead atoms. The van der Waals surface area contributed by atoms with Gasteiger partial charge in [-0.1, -0.05) is 0 Å². The van der Waals surface area contributed by atoms with Crippen LogP contribution in [0.5, 0.6) is 0 Å². The maximum atomic E-state index is 12.5. The number of fused-ring (bicyclic) bond motifs is 1. The van der Waals surface area contributed by atoms with E-state index in [0.717, 1.165) is 31.2 Å². The lowest BCUT2D eigenvalue weighted by atomic mass is 9.73. The van der Waals surface area contributed by atoms with Gasteiger partial charge in [0.2, 0.25) is 11.8 Å². The molecule has 0 spiro atoms. The molecule has 6 heteroatoms. The van der Waals surface area contributed by atoms with Crippen LogP contribution in [-0.2, 0) is 16.0 Å². The van der Waals surface area contributed by atoms with Crippen LogP contribution in [-0.4, -0.2) is 22.3 Å². The largest absolute Gasteiger partial charge is 0.325 e. The molecule has 124 valence electrons. The Bertz CT molecular complexity index is 628. The second kappa shape index (κ2) is 5.92. The Balaban J connectivity index is 1.63. The molecule has 2 amide bonds. The zero-order valence-electron chi connectivity index (χ0n) is 13.7. The first-order valence-corrected chi connectivity index (χ1v) is 8.22. The number of rotatable bonds is 3. The minimum atomic E-state index is -0.181. The maximum absolute atomic E-state index is 12.5. The molecule has 2 aliphatic rings. The summed E-state index contributed by atoms with van der Waals surface area (Å²) in [5.41, 5.74) is 7.48. The number of pyridine rings is 1. The van der Waals surface area contributed by atoms with Gasteiger partial charge < -0.3 is 16.4 Å². The van der Waals surface area contributed by atoms with Crippen molar-refractivity contribution in [2.45, 2.75) is 51.5 Å². The SMILES string of the molecule is CC(C)(N)[C@H]1CC[C@H](C(=O)Nc2ccnc3c2CC(=O)N3)CC1. The van der Waals surface area contributed by atoms with E-state index in [2.05, 4.69) is 29.5 Å². The van der Waals surface area contributed by atoms with Crippen LogP contribution in [0.15, 0.2) is 12.3 Å². The van der Waals surface area contributed by atoms with Crippen molar-refractivity contribution in [2.24, 2.45) is 17.6 Å². The van der Waals surface area contributed by atoms with Gasteiger partial charge in [0, 0.05) is 28.9 Å². The molecule has 1 aliphatic heterocycles. The average Bonchev–Trinajstić information content (AvgIpc) is 2.88. The van der Waals surface area contributed by atoms with Gasteiger partial charge in [-0.2, -0.15) is 0 Å². The predicted molar refractivity (Wildman–Crippen MR) is 88.9 cm³/mol. The van der Waals surface area contributed by atoms with E-state index in [9.17, 15) is 9.59 Å². The first-order chi connectivity index (χ1) is 10.8. The Morgan fingerprint density at radius 1 is 1.35 bits per heavy atom. The lowest BCUT2D eigenvalue weighted by molar-refractivity contribution is -0.121. The number of nitrogens with one attached hydrogen (secondary N) is 2. The van der Waals surface area contributed by atoms with Crippen LogP contribution < -0.4 is 16.4 Å². The fraction of sp³-hybridized carbons (Fsp3) is 0.588. The first-order valence-electron chi connectivity index (χ1n) is 8.22. The molecule has 0 atom stereocenters. The number of carbonyl (C=O) groups excluding carboxylic acids is 2. The number of amides is 2. The Morgan fingerprint density at radius 3 is 2.70 bits per heavy atom. The molecule has 1 fully saturated rings. The lowest BCUT2D eigenvalue weighted by Crippen LogP contribution is -2.43. The molecule has 0 unspecified atom stereocenters. The van der Waals surface area contributed by atoms with E-state index >= 15 is 0 Å². The number of nitrogens with two attached hydrogens (primary N) is 1. The van der Waals surface area contributed by atoms with Crippen molar-refractivity contribution in [1.29, 1.82) is 0 Å². The summed E-state index contributed by atoms with van der Waals surface area (Å²) in [6, 6.07) is 1.76. The van der Waals surface area contributed by atoms with Crippen molar-refractivity contribution in [2.75, 3.05) is 10.6 Å². The third-order valence-electron chi connectivity index (χ3n) is 5.06. The van der Waals surface area contributed by atoms with Gasteiger partial charge in [-0.05, 0) is 51.5 Å². The third kappa shape index (κ3) is 3.37. The number of anilines is 2. The average molecular weight is 316 g/mol. The van der Waals surface area contributed by atoms with Gasteiger partial charge in [0.05, 0.1) is 6.42 Å². The lowest BCUT2D eigenvalue weighted by Gasteiger charge is -2.36. The summed E-state index contributed by atoms with van der Waals surface area (Å²) in [6.45, 7) is 4.12. The van der Waals surface area contributed by atoms with Crippen LogP contribution in [0.4, 0.5) is 11.5 Å². The molecular weight excluding hydrogens is 292 g/mol. The van der Waals surface area contributed by atoms with Gasteiger partial charge in [0.25, 0.3) is 0 Å². The summed E-state index contributed by atoms with van der Waals surface area (Å²) in [6.07, 6.45) is 5.57. The van der Waals surface area contributed by atoms with Gasteiger partial charge in [-0.15, -0.1) is 0 Å². The van der Waals surface area contributed by atoms with Crippen LogP contribution >= 0.6 is 0 Å². The highest BCUT2D eigenvalue weighted by molar-refractivity contribution is 6.02. The molecule has 0 aromatic carbocycles. The fourth-order valence-electron chi connectivity index (χ4n) is 3.57. The molecule has 0 saturated heterocycles. The van der Waals surface area contributed by atoms with Crippen molar-refractivity contribution < 1.29 is 9.59 Å². The van der Waals surface area contributed by atoms with E-state index in [1.54, 1.807) is 12.3 Å². The number of aromatic nitrogens is 1.